The van der Waals surface area contributed by atoms with Crippen molar-refractivity contribution in [3.63, 3.8) is 0 Å². The number of likely N-dealkylation sites (N-methyl/N-ethyl adjacent to an activating group) is 2. The molecule has 0 spiro atoms. The zero-order valence-electron chi connectivity index (χ0n) is 13.9. The molecule has 1 aliphatic rings. The molecule has 1 fully saturated rings. The quantitative estimate of drug-likeness (QED) is 0.828. The number of anilines is 1. The maximum atomic E-state index is 12.1. The molecule has 5 nitrogen and oxygen atoms in total. The summed E-state index contributed by atoms with van der Waals surface area (Å²) >= 11 is 0. The maximum Gasteiger partial charge on any atom is 0.251 e. The maximum absolute atomic E-state index is 12.1. The highest BCUT2D eigenvalue weighted by atomic mass is 16.1. The number of benzene rings is 1. The fourth-order valence-corrected chi connectivity index (χ4v) is 2.60. The molecule has 5 heteroatoms. The van der Waals surface area contributed by atoms with Crippen LogP contribution in [0.2, 0.25) is 0 Å². The molecule has 2 rings (SSSR count). The number of piperazine rings is 1. The third kappa shape index (κ3) is 4.45. The molecule has 1 unspecified atom stereocenters. The molecule has 0 bridgehead atoms. The van der Waals surface area contributed by atoms with Crippen molar-refractivity contribution >= 4 is 11.6 Å². The molecule has 1 aromatic carbocycles. The first kappa shape index (κ1) is 16.8. The molecular formula is C17H28N4O. The highest BCUT2D eigenvalue weighted by Gasteiger charge is 2.16. The Balaban J connectivity index is 1.89. The molecule has 22 heavy (non-hydrogen) atoms. The largest absolute Gasteiger partial charge is 0.369 e. The molecule has 0 aliphatic carbocycles. The van der Waals surface area contributed by atoms with E-state index in [1.807, 2.05) is 26.1 Å². The van der Waals surface area contributed by atoms with Gasteiger partial charge in [-0.05, 0) is 44.8 Å². The normalized spacial score (nSPS) is 17.3. The molecular weight excluding hydrogens is 276 g/mol. The highest BCUT2D eigenvalue weighted by Crippen LogP contribution is 2.17. The molecule has 1 aliphatic heterocycles. The van der Waals surface area contributed by atoms with Crippen molar-refractivity contribution in [2.75, 3.05) is 51.2 Å². The second-order valence-electron chi connectivity index (χ2n) is 5.87. The van der Waals surface area contributed by atoms with Crippen LogP contribution in [0.4, 0.5) is 5.69 Å². The first-order valence-electron chi connectivity index (χ1n) is 8.17. The molecule has 1 heterocycles. The lowest BCUT2D eigenvalue weighted by molar-refractivity contribution is 0.0950. The SMILES string of the molecule is CCN1CCN(c2ccc(C(=O)NCC(C)NC)cc2)CC1. The number of hydrogen-bond acceptors (Lipinski definition) is 4. The van der Waals surface area contributed by atoms with Crippen molar-refractivity contribution in [3.05, 3.63) is 29.8 Å². The van der Waals surface area contributed by atoms with Crippen LogP contribution in [0.5, 0.6) is 0 Å². The first-order valence-corrected chi connectivity index (χ1v) is 8.17. The second kappa shape index (κ2) is 8.15. The van der Waals surface area contributed by atoms with Crippen LogP contribution in [0.1, 0.15) is 24.2 Å². The van der Waals surface area contributed by atoms with E-state index in [4.69, 9.17) is 0 Å². The average Bonchev–Trinajstić information content (AvgIpc) is 2.59. The number of amides is 1. The Kier molecular flexibility index (Phi) is 6.21. The van der Waals surface area contributed by atoms with Crippen LogP contribution in [0.3, 0.4) is 0 Å². The van der Waals surface area contributed by atoms with Crippen LogP contribution in [-0.2, 0) is 0 Å². The average molecular weight is 304 g/mol. The van der Waals surface area contributed by atoms with Gasteiger partial charge < -0.3 is 20.4 Å². The summed E-state index contributed by atoms with van der Waals surface area (Å²) in [5.74, 6) is -0.00977. The van der Waals surface area contributed by atoms with Crippen LogP contribution in [0.15, 0.2) is 24.3 Å². The van der Waals surface area contributed by atoms with Gasteiger partial charge in [-0.1, -0.05) is 6.92 Å². The van der Waals surface area contributed by atoms with Gasteiger partial charge in [0.15, 0.2) is 0 Å². The predicted octanol–water partition coefficient (Wildman–Crippen LogP) is 1.17. The molecule has 0 aromatic heterocycles. The van der Waals surface area contributed by atoms with E-state index in [1.165, 1.54) is 5.69 Å². The van der Waals surface area contributed by atoms with Crippen molar-refractivity contribution in [2.24, 2.45) is 0 Å². The lowest BCUT2D eigenvalue weighted by Crippen LogP contribution is -2.46. The van der Waals surface area contributed by atoms with E-state index in [0.717, 1.165) is 38.3 Å². The predicted molar refractivity (Wildman–Crippen MR) is 91.6 cm³/mol. The number of nitrogens with one attached hydrogen (secondary N) is 2. The van der Waals surface area contributed by atoms with E-state index in [2.05, 4.69) is 39.5 Å². The van der Waals surface area contributed by atoms with Crippen molar-refractivity contribution in [2.45, 2.75) is 19.9 Å². The van der Waals surface area contributed by atoms with Gasteiger partial charge in [0.25, 0.3) is 5.91 Å². The van der Waals surface area contributed by atoms with Crippen molar-refractivity contribution in [1.82, 2.24) is 15.5 Å². The van der Waals surface area contributed by atoms with Gasteiger partial charge in [-0.3, -0.25) is 4.79 Å². The van der Waals surface area contributed by atoms with E-state index in [1.54, 1.807) is 0 Å². The van der Waals surface area contributed by atoms with Gasteiger partial charge in [0.05, 0.1) is 0 Å². The van der Waals surface area contributed by atoms with Crippen LogP contribution in [0, 0.1) is 0 Å². The Labute approximate surface area is 133 Å². The lowest BCUT2D eigenvalue weighted by Gasteiger charge is -2.35. The minimum Gasteiger partial charge on any atom is -0.369 e. The minimum atomic E-state index is -0.00977. The van der Waals surface area contributed by atoms with E-state index in [-0.39, 0.29) is 11.9 Å². The van der Waals surface area contributed by atoms with Crippen LogP contribution in [-0.4, -0.2) is 63.2 Å². The van der Waals surface area contributed by atoms with Crippen LogP contribution >= 0.6 is 0 Å². The number of hydrogen-bond donors (Lipinski definition) is 2. The molecule has 1 amide bonds. The number of rotatable bonds is 6. The summed E-state index contributed by atoms with van der Waals surface area (Å²) in [6.45, 7) is 10.3. The molecule has 1 aromatic rings. The van der Waals surface area contributed by atoms with Crippen molar-refractivity contribution in [1.29, 1.82) is 0 Å². The summed E-state index contributed by atoms with van der Waals surface area (Å²) in [4.78, 5) is 16.9. The minimum absolute atomic E-state index is 0.00977. The van der Waals surface area contributed by atoms with Gasteiger partial charge >= 0.3 is 0 Å². The third-order valence-corrected chi connectivity index (χ3v) is 4.38. The van der Waals surface area contributed by atoms with Gasteiger partial charge in [-0.2, -0.15) is 0 Å². The van der Waals surface area contributed by atoms with E-state index in [0.29, 0.717) is 6.54 Å². The zero-order valence-corrected chi connectivity index (χ0v) is 13.9. The Morgan fingerprint density at radius 2 is 1.82 bits per heavy atom. The Morgan fingerprint density at radius 1 is 1.18 bits per heavy atom. The van der Waals surface area contributed by atoms with Crippen LogP contribution < -0.4 is 15.5 Å². The highest BCUT2D eigenvalue weighted by molar-refractivity contribution is 5.94. The molecule has 1 atom stereocenters. The molecule has 2 N–H and O–H groups in total. The smallest absolute Gasteiger partial charge is 0.251 e. The number of carbonyl (C=O) groups is 1. The Bertz CT molecular complexity index is 466. The second-order valence-corrected chi connectivity index (χ2v) is 5.87. The van der Waals surface area contributed by atoms with Gasteiger partial charge in [-0.25, -0.2) is 0 Å². The van der Waals surface area contributed by atoms with Crippen molar-refractivity contribution in [3.8, 4) is 0 Å². The first-order chi connectivity index (χ1) is 10.6. The standard InChI is InChI=1S/C17H28N4O/c1-4-20-9-11-21(12-10-20)16-7-5-15(6-8-16)17(22)19-13-14(2)18-3/h5-8,14,18H,4,9-13H2,1-3H3,(H,19,22). The monoisotopic (exact) mass is 304 g/mol. The Hall–Kier alpha value is -1.59. The fraction of sp³-hybridized carbons (Fsp3) is 0.588. The summed E-state index contributed by atoms with van der Waals surface area (Å²) in [5.41, 5.74) is 1.93. The Morgan fingerprint density at radius 3 is 2.36 bits per heavy atom. The molecule has 122 valence electrons. The van der Waals surface area contributed by atoms with Gasteiger partial charge in [0.1, 0.15) is 0 Å². The molecule has 0 radical (unpaired) electrons. The summed E-state index contributed by atoms with van der Waals surface area (Å²) < 4.78 is 0. The third-order valence-electron chi connectivity index (χ3n) is 4.38. The summed E-state index contributed by atoms with van der Waals surface area (Å²) in [6, 6.07) is 8.22. The van der Waals surface area contributed by atoms with E-state index in [9.17, 15) is 4.79 Å². The lowest BCUT2D eigenvalue weighted by atomic mass is 10.1. The molecule has 1 saturated heterocycles. The van der Waals surface area contributed by atoms with E-state index >= 15 is 0 Å². The summed E-state index contributed by atoms with van der Waals surface area (Å²) in [7, 11) is 1.89. The molecule has 0 saturated carbocycles. The zero-order chi connectivity index (χ0) is 15.9. The fourth-order valence-electron chi connectivity index (χ4n) is 2.60. The van der Waals surface area contributed by atoms with Gasteiger partial charge in [0, 0.05) is 50.0 Å². The van der Waals surface area contributed by atoms with Crippen molar-refractivity contribution < 1.29 is 4.79 Å². The number of carbonyl (C=O) groups excluding carboxylic acids is 1. The topological polar surface area (TPSA) is 47.6 Å². The van der Waals surface area contributed by atoms with E-state index < -0.39 is 0 Å². The van der Waals surface area contributed by atoms with Crippen LogP contribution in [0.25, 0.3) is 0 Å². The number of nitrogens with zero attached hydrogens (tertiary/aromatic N) is 2. The summed E-state index contributed by atoms with van der Waals surface area (Å²) in [5, 5.41) is 6.05. The van der Waals surface area contributed by atoms with Gasteiger partial charge in [-0.15, -0.1) is 0 Å². The van der Waals surface area contributed by atoms with Gasteiger partial charge in [0.2, 0.25) is 0 Å². The summed E-state index contributed by atoms with van der Waals surface area (Å²) in [6.07, 6.45) is 0.